The monoisotopic (exact) mass is 445 g/mol. The molecule has 2 N–H and O–H groups in total. The van der Waals surface area contributed by atoms with Gasteiger partial charge in [-0.15, -0.1) is 0 Å². The number of nitrogens with zero attached hydrogens (tertiary/aromatic N) is 3. The van der Waals surface area contributed by atoms with Gasteiger partial charge in [0.1, 0.15) is 17.4 Å². The molecule has 0 radical (unpaired) electrons. The van der Waals surface area contributed by atoms with E-state index in [-0.39, 0.29) is 17.3 Å². The van der Waals surface area contributed by atoms with Gasteiger partial charge < -0.3 is 10.1 Å². The minimum Gasteiger partial charge on any atom is -0.497 e. The van der Waals surface area contributed by atoms with E-state index in [1.165, 1.54) is 4.90 Å². The molecule has 0 bridgehead atoms. The number of ether oxygens (including phenoxy) is 1. The van der Waals surface area contributed by atoms with Crippen molar-refractivity contribution >= 4 is 40.1 Å². The van der Waals surface area contributed by atoms with E-state index in [2.05, 4.69) is 15.8 Å². The van der Waals surface area contributed by atoms with Crippen molar-refractivity contribution in [3.8, 4) is 5.75 Å². The molecule has 8 nitrogen and oxygen atoms in total. The van der Waals surface area contributed by atoms with Gasteiger partial charge in [0.15, 0.2) is 5.17 Å². The van der Waals surface area contributed by atoms with Crippen LogP contribution in [0, 0.1) is 11.6 Å². The summed E-state index contributed by atoms with van der Waals surface area (Å²) in [5.41, 5.74) is 3.15. The minimum absolute atomic E-state index is 0.110. The quantitative estimate of drug-likeness (QED) is 0.736. The summed E-state index contributed by atoms with van der Waals surface area (Å²) < 4.78 is 32.1. The van der Waals surface area contributed by atoms with Crippen molar-refractivity contribution in [3.63, 3.8) is 0 Å². The number of methoxy groups -OCH3 is 1. The Morgan fingerprint density at radius 1 is 1.26 bits per heavy atom. The number of amidine groups is 1. The summed E-state index contributed by atoms with van der Waals surface area (Å²) in [7, 11) is 1.55. The summed E-state index contributed by atoms with van der Waals surface area (Å²) in [4.78, 5) is 28.1. The molecule has 2 aliphatic rings. The summed E-state index contributed by atoms with van der Waals surface area (Å²) >= 11 is 1.06. The van der Waals surface area contributed by atoms with Gasteiger partial charge in [0.05, 0.1) is 24.2 Å². The number of anilines is 2. The SMILES string of the molecule is COc1cccc(N2C=CN3C(SCC(=O)Nc4cc(F)ccc4F)=NNC3C2=O)c1. The minimum atomic E-state index is -0.762. The largest absolute Gasteiger partial charge is 0.497 e. The molecule has 1 atom stereocenters. The standard InChI is InChI=1S/C20H17F2N5O3S/c1-30-14-4-2-3-13(10-14)26-7-8-27-18(19(26)29)24-25-20(27)31-11-17(28)23-16-9-12(21)5-6-15(16)22/h2-10,18,24H,11H2,1H3,(H,23,28). The van der Waals surface area contributed by atoms with Crippen LogP contribution in [0.25, 0.3) is 0 Å². The van der Waals surface area contributed by atoms with Crippen molar-refractivity contribution in [3.05, 3.63) is 66.5 Å². The number of halogens is 2. The molecule has 2 heterocycles. The molecule has 2 amide bonds. The Balaban J connectivity index is 1.39. The van der Waals surface area contributed by atoms with Gasteiger partial charge in [0.25, 0.3) is 5.91 Å². The molecule has 4 rings (SSSR count). The molecular weight excluding hydrogens is 428 g/mol. The number of nitrogens with one attached hydrogen (secondary N) is 2. The molecule has 0 saturated carbocycles. The first-order valence-electron chi connectivity index (χ1n) is 9.11. The van der Waals surface area contributed by atoms with Crippen LogP contribution in [0.1, 0.15) is 0 Å². The second kappa shape index (κ2) is 8.64. The number of carbonyl (C=O) groups is 2. The Bertz CT molecular complexity index is 1090. The van der Waals surface area contributed by atoms with Crippen LogP contribution in [0.15, 0.2) is 60.0 Å². The third-order valence-electron chi connectivity index (χ3n) is 4.50. The molecule has 2 aromatic carbocycles. The van der Waals surface area contributed by atoms with Crippen LogP contribution >= 0.6 is 11.8 Å². The van der Waals surface area contributed by atoms with Gasteiger partial charge >= 0.3 is 0 Å². The van der Waals surface area contributed by atoms with Crippen LogP contribution in [0.4, 0.5) is 20.2 Å². The number of fused-ring (bicyclic) bond motifs is 1. The number of carbonyl (C=O) groups excluding carboxylic acids is 2. The van der Waals surface area contributed by atoms with E-state index < -0.39 is 23.7 Å². The lowest BCUT2D eigenvalue weighted by atomic mass is 10.2. The van der Waals surface area contributed by atoms with Crippen LogP contribution in [-0.4, -0.2) is 40.9 Å². The Hall–Kier alpha value is -3.60. The Kier molecular flexibility index (Phi) is 5.76. The van der Waals surface area contributed by atoms with Crippen molar-refractivity contribution in [2.24, 2.45) is 5.10 Å². The normalized spacial score (nSPS) is 17.2. The highest BCUT2D eigenvalue weighted by atomic mass is 32.2. The molecule has 11 heteroatoms. The maximum atomic E-state index is 13.7. The highest BCUT2D eigenvalue weighted by molar-refractivity contribution is 8.14. The van der Waals surface area contributed by atoms with Gasteiger partial charge in [0.2, 0.25) is 12.1 Å². The Morgan fingerprint density at radius 3 is 2.90 bits per heavy atom. The number of hydrazone groups is 1. The van der Waals surface area contributed by atoms with Gasteiger partial charge in [-0.1, -0.05) is 17.8 Å². The van der Waals surface area contributed by atoms with E-state index >= 15 is 0 Å². The Morgan fingerprint density at radius 2 is 2.10 bits per heavy atom. The van der Waals surface area contributed by atoms with Crippen molar-refractivity contribution in [2.75, 3.05) is 23.1 Å². The van der Waals surface area contributed by atoms with Crippen molar-refractivity contribution in [2.45, 2.75) is 6.17 Å². The van der Waals surface area contributed by atoms with Crippen LogP contribution in [0.5, 0.6) is 5.75 Å². The number of hydrogen-bond acceptors (Lipinski definition) is 7. The van der Waals surface area contributed by atoms with Crippen LogP contribution in [0.2, 0.25) is 0 Å². The van der Waals surface area contributed by atoms with E-state index in [9.17, 15) is 18.4 Å². The van der Waals surface area contributed by atoms with Gasteiger partial charge in [0, 0.05) is 24.5 Å². The maximum Gasteiger partial charge on any atom is 0.276 e. The fraction of sp³-hybridized carbons (Fsp3) is 0.150. The smallest absolute Gasteiger partial charge is 0.276 e. The highest BCUT2D eigenvalue weighted by Crippen LogP contribution is 2.28. The average Bonchev–Trinajstić information content (AvgIpc) is 3.19. The van der Waals surface area contributed by atoms with E-state index in [1.807, 2.05) is 0 Å². The van der Waals surface area contributed by atoms with Gasteiger partial charge in [-0.3, -0.25) is 24.8 Å². The predicted molar refractivity (Wildman–Crippen MR) is 113 cm³/mol. The lowest BCUT2D eigenvalue weighted by Gasteiger charge is -2.32. The second-order valence-electron chi connectivity index (χ2n) is 6.50. The predicted octanol–water partition coefficient (Wildman–Crippen LogP) is 2.67. The summed E-state index contributed by atoms with van der Waals surface area (Å²) in [6.45, 7) is 0. The first-order chi connectivity index (χ1) is 15.0. The Labute approximate surface area is 180 Å². The molecule has 0 aliphatic carbocycles. The number of thioether (sulfide) groups is 1. The molecule has 2 aliphatic heterocycles. The highest BCUT2D eigenvalue weighted by Gasteiger charge is 2.38. The third kappa shape index (κ3) is 4.31. The number of amides is 2. The molecule has 0 saturated heterocycles. The first-order valence-corrected chi connectivity index (χ1v) is 10.1. The molecule has 31 heavy (non-hydrogen) atoms. The molecule has 0 spiro atoms. The zero-order chi connectivity index (χ0) is 22.0. The topological polar surface area (TPSA) is 86.3 Å². The van der Waals surface area contributed by atoms with Crippen molar-refractivity contribution < 1.29 is 23.1 Å². The van der Waals surface area contributed by atoms with Gasteiger partial charge in [-0.05, 0) is 24.3 Å². The summed E-state index contributed by atoms with van der Waals surface area (Å²) in [6.07, 6.45) is 2.50. The zero-order valence-corrected chi connectivity index (χ0v) is 17.0. The van der Waals surface area contributed by atoms with E-state index in [0.29, 0.717) is 16.6 Å². The summed E-state index contributed by atoms with van der Waals surface area (Å²) in [5.74, 6) is -1.68. The molecule has 1 unspecified atom stereocenters. The molecular formula is C20H17F2N5O3S. The lowest BCUT2D eigenvalue weighted by Crippen LogP contribution is -2.52. The second-order valence-corrected chi connectivity index (χ2v) is 7.44. The van der Waals surface area contributed by atoms with Crippen molar-refractivity contribution in [1.82, 2.24) is 10.3 Å². The molecule has 0 fully saturated rings. The van der Waals surface area contributed by atoms with Crippen molar-refractivity contribution in [1.29, 1.82) is 0 Å². The number of rotatable bonds is 5. The maximum absolute atomic E-state index is 13.7. The number of hydrogen-bond donors (Lipinski definition) is 2. The van der Waals surface area contributed by atoms with E-state index in [0.717, 1.165) is 30.0 Å². The van der Waals surface area contributed by atoms with E-state index in [4.69, 9.17) is 4.74 Å². The van der Waals surface area contributed by atoms with Crippen LogP contribution < -0.4 is 20.4 Å². The third-order valence-corrected chi connectivity index (χ3v) is 5.46. The molecule has 2 aromatic rings. The van der Waals surface area contributed by atoms with Crippen LogP contribution in [-0.2, 0) is 9.59 Å². The summed E-state index contributed by atoms with van der Waals surface area (Å²) in [5, 5.41) is 6.84. The van der Waals surface area contributed by atoms with Gasteiger partial charge in [-0.25, -0.2) is 8.78 Å². The zero-order valence-electron chi connectivity index (χ0n) is 16.2. The van der Waals surface area contributed by atoms with E-state index in [1.54, 1.807) is 48.7 Å². The fourth-order valence-electron chi connectivity index (χ4n) is 3.00. The average molecular weight is 445 g/mol. The fourth-order valence-corrected chi connectivity index (χ4v) is 3.77. The number of benzene rings is 2. The molecule has 160 valence electrons. The summed E-state index contributed by atoms with van der Waals surface area (Å²) in [6, 6.07) is 9.88. The van der Waals surface area contributed by atoms with Crippen LogP contribution in [0.3, 0.4) is 0 Å². The first kappa shape index (κ1) is 20.7. The molecule has 0 aromatic heterocycles. The van der Waals surface area contributed by atoms with Gasteiger partial charge in [-0.2, -0.15) is 5.10 Å². The lowest BCUT2D eigenvalue weighted by molar-refractivity contribution is -0.122.